The number of carbonyl (C=O) groups is 1. The van der Waals surface area contributed by atoms with E-state index < -0.39 is 5.60 Å². The van der Waals surface area contributed by atoms with Crippen molar-refractivity contribution in [2.75, 3.05) is 6.54 Å². The van der Waals surface area contributed by atoms with Crippen LogP contribution >= 0.6 is 11.6 Å². The normalized spacial score (nSPS) is 12.8. The van der Waals surface area contributed by atoms with Gasteiger partial charge < -0.3 is 9.72 Å². The van der Waals surface area contributed by atoms with Crippen LogP contribution < -0.4 is 0 Å². The molecule has 0 saturated heterocycles. The lowest BCUT2D eigenvalue weighted by atomic mass is 10.1. The summed E-state index contributed by atoms with van der Waals surface area (Å²) in [6.45, 7) is 10.2. The van der Waals surface area contributed by atoms with Crippen molar-refractivity contribution in [1.82, 2.24) is 19.9 Å². The largest absolute Gasteiger partial charge is 0.444 e. The molecule has 7 heteroatoms. The first-order valence-corrected chi connectivity index (χ1v) is 10.2. The van der Waals surface area contributed by atoms with Crippen LogP contribution in [0.1, 0.15) is 52.9 Å². The molecule has 0 unspecified atom stereocenters. The summed E-state index contributed by atoms with van der Waals surface area (Å²) in [5.74, 6) is 0.727. The Kier molecular flexibility index (Phi) is 6.13. The highest BCUT2D eigenvalue weighted by Gasteiger charge is 2.28. The molecule has 1 N–H and O–H groups in total. The van der Waals surface area contributed by atoms with Crippen LogP contribution in [-0.4, -0.2) is 38.1 Å². The third-order valence-corrected chi connectivity index (χ3v) is 4.74. The molecule has 154 valence electrons. The van der Waals surface area contributed by atoms with Gasteiger partial charge in [-0.25, -0.2) is 14.8 Å². The maximum absolute atomic E-state index is 12.7. The average molecular weight is 415 g/mol. The maximum atomic E-state index is 12.7. The molecule has 0 aliphatic heterocycles. The first-order valence-electron chi connectivity index (χ1n) is 9.79. The molecule has 29 heavy (non-hydrogen) atoms. The predicted molar refractivity (Wildman–Crippen MR) is 116 cm³/mol. The first kappa shape index (κ1) is 21.1. The standard InChI is InChI=1S/C22H27ClN4O2/c1-6-11-27(21(28)29-22(3,4)5)14(2)20-25-17-9-7-15(12-18(17)26-20)16-8-10-19(23)24-13-16/h7-10,12-14H,6,11H2,1-5H3,(H,25,26)/t14-/m0/s1. The van der Waals surface area contributed by atoms with Gasteiger partial charge in [0.1, 0.15) is 16.6 Å². The molecule has 0 aliphatic carbocycles. The van der Waals surface area contributed by atoms with Gasteiger partial charge >= 0.3 is 6.09 Å². The van der Waals surface area contributed by atoms with Crippen LogP contribution in [0.5, 0.6) is 0 Å². The molecule has 0 spiro atoms. The van der Waals surface area contributed by atoms with Crippen LogP contribution in [0.4, 0.5) is 4.79 Å². The highest BCUT2D eigenvalue weighted by Crippen LogP contribution is 2.27. The maximum Gasteiger partial charge on any atom is 0.410 e. The van der Waals surface area contributed by atoms with Gasteiger partial charge in [0.2, 0.25) is 0 Å². The summed E-state index contributed by atoms with van der Waals surface area (Å²) >= 11 is 5.88. The molecule has 0 aliphatic rings. The van der Waals surface area contributed by atoms with Crippen LogP contribution in [0.3, 0.4) is 0 Å². The number of imidazole rings is 1. The molecule has 0 bridgehead atoms. The average Bonchev–Trinajstić information content (AvgIpc) is 3.08. The van der Waals surface area contributed by atoms with Crippen molar-refractivity contribution in [1.29, 1.82) is 0 Å². The van der Waals surface area contributed by atoms with E-state index in [4.69, 9.17) is 21.3 Å². The molecule has 0 radical (unpaired) electrons. The van der Waals surface area contributed by atoms with Gasteiger partial charge in [-0.3, -0.25) is 4.90 Å². The van der Waals surface area contributed by atoms with Crippen molar-refractivity contribution in [3.8, 4) is 11.1 Å². The van der Waals surface area contributed by atoms with E-state index in [9.17, 15) is 4.79 Å². The second-order valence-corrected chi connectivity index (χ2v) is 8.46. The van der Waals surface area contributed by atoms with Gasteiger partial charge in [-0.15, -0.1) is 0 Å². The Morgan fingerprint density at radius 3 is 2.59 bits per heavy atom. The van der Waals surface area contributed by atoms with E-state index >= 15 is 0 Å². The molecule has 1 amide bonds. The third-order valence-electron chi connectivity index (χ3n) is 4.52. The summed E-state index contributed by atoms with van der Waals surface area (Å²) in [5, 5.41) is 0.462. The van der Waals surface area contributed by atoms with Gasteiger partial charge in [0, 0.05) is 18.3 Å². The molecule has 1 atom stereocenters. The fourth-order valence-electron chi connectivity index (χ4n) is 3.10. The number of rotatable bonds is 5. The molecule has 2 aromatic heterocycles. The quantitative estimate of drug-likeness (QED) is 0.521. The van der Waals surface area contributed by atoms with Crippen LogP contribution in [0.25, 0.3) is 22.2 Å². The van der Waals surface area contributed by atoms with Crippen molar-refractivity contribution in [3.63, 3.8) is 0 Å². The Morgan fingerprint density at radius 2 is 1.97 bits per heavy atom. The fraction of sp³-hybridized carbons (Fsp3) is 0.409. The highest BCUT2D eigenvalue weighted by molar-refractivity contribution is 6.29. The van der Waals surface area contributed by atoms with E-state index in [1.807, 2.05) is 58.9 Å². The van der Waals surface area contributed by atoms with E-state index in [1.165, 1.54) is 0 Å². The fourth-order valence-corrected chi connectivity index (χ4v) is 3.21. The van der Waals surface area contributed by atoms with Crippen LogP contribution in [0.15, 0.2) is 36.5 Å². The molecule has 0 fully saturated rings. The Labute approximate surface area is 176 Å². The highest BCUT2D eigenvalue weighted by atomic mass is 35.5. The molecule has 1 aromatic carbocycles. The number of pyridine rings is 1. The topological polar surface area (TPSA) is 71.1 Å². The van der Waals surface area contributed by atoms with Gasteiger partial charge in [-0.1, -0.05) is 24.6 Å². The zero-order valence-corrected chi connectivity index (χ0v) is 18.2. The lowest BCUT2D eigenvalue weighted by Crippen LogP contribution is -2.39. The number of ether oxygens (including phenoxy) is 1. The zero-order chi connectivity index (χ0) is 21.2. The number of carbonyl (C=O) groups excluding carboxylic acids is 1. The molecule has 3 aromatic rings. The second-order valence-electron chi connectivity index (χ2n) is 8.07. The van der Waals surface area contributed by atoms with Crippen LogP contribution in [0, 0.1) is 0 Å². The summed E-state index contributed by atoms with van der Waals surface area (Å²) in [6.07, 6.45) is 2.24. The van der Waals surface area contributed by atoms with Crippen LogP contribution in [-0.2, 0) is 4.74 Å². The minimum Gasteiger partial charge on any atom is -0.444 e. The van der Waals surface area contributed by atoms with Gasteiger partial charge in [-0.2, -0.15) is 0 Å². The summed E-state index contributed by atoms with van der Waals surface area (Å²) in [7, 11) is 0. The number of halogens is 1. The molecular weight excluding hydrogens is 388 g/mol. The van der Waals surface area contributed by atoms with E-state index in [-0.39, 0.29) is 12.1 Å². The van der Waals surface area contributed by atoms with Crippen molar-refractivity contribution in [2.24, 2.45) is 0 Å². The number of hydrogen-bond acceptors (Lipinski definition) is 4. The number of aromatic amines is 1. The summed E-state index contributed by atoms with van der Waals surface area (Å²) in [4.78, 5) is 26.6. The zero-order valence-electron chi connectivity index (χ0n) is 17.5. The number of nitrogens with one attached hydrogen (secondary N) is 1. The first-order chi connectivity index (χ1) is 13.7. The Bertz CT molecular complexity index is 992. The number of aromatic nitrogens is 3. The summed E-state index contributed by atoms with van der Waals surface area (Å²) in [5.41, 5.74) is 3.18. The molecule has 0 saturated carbocycles. The van der Waals surface area contributed by atoms with Crippen molar-refractivity contribution >= 4 is 28.7 Å². The minimum atomic E-state index is -0.543. The van der Waals surface area contributed by atoms with E-state index in [2.05, 4.69) is 9.97 Å². The Morgan fingerprint density at radius 1 is 1.24 bits per heavy atom. The van der Waals surface area contributed by atoms with Gasteiger partial charge in [0.25, 0.3) is 0 Å². The number of nitrogens with zero attached hydrogens (tertiary/aromatic N) is 3. The van der Waals surface area contributed by atoms with Crippen molar-refractivity contribution < 1.29 is 9.53 Å². The SMILES string of the molecule is CCCN(C(=O)OC(C)(C)C)[C@@H](C)c1nc2cc(-c3ccc(Cl)nc3)ccc2[nH]1. The predicted octanol–water partition coefficient (Wildman–Crippen LogP) is 5.99. The minimum absolute atomic E-state index is 0.238. The van der Waals surface area contributed by atoms with E-state index in [0.717, 1.165) is 34.4 Å². The molecule has 6 nitrogen and oxygen atoms in total. The monoisotopic (exact) mass is 414 g/mol. The Balaban J connectivity index is 1.89. The van der Waals surface area contributed by atoms with Gasteiger partial charge in [-0.05, 0) is 63.9 Å². The summed E-state index contributed by atoms with van der Waals surface area (Å²) < 4.78 is 5.58. The van der Waals surface area contributed by atoms with Crippen LogP contribution in [0.2, 0.25) is 5.15 Å². The lowest BCUT2D eigenvalue weighted by molar-refractivity contribution is 0.0167. The number of fused-ring (bicyclic) bond motifs is 1. The number of hydrogen-bond donors (Lipinski definition) is 1. The molecule has 2 heterocycles. The van der Waals surface area contributed by atoms with Gasteiger partial charge in [0.05, 0.1) is 17.1 Å². The second kappa shape index (κ2) is 8.41. The third kappa shape index (κ3) is 5.07. The number of benzene rings is 1. The smallest absolute Gasteiger partial charge is 0.410 e. The molecule has 3 rings (SSSR count). The van der Waals surface area contributed by atoms with Gasteiger partial charge in [0.15, 0.2) is 0 Å². The Hall–Kier alpha value is -2.60. The number of H-pyrrole nitrogens is 1. The summed E-state index contributed by atoms with van der Waals surface area (Å²) in [6, 6.07) is 9.46. The van der Waals surface area contributed by atoms with E-state index in [0.29, 0.717) is 11.7 Å². The number of amides is 1. The molecular formula is C22H27ClN4O2. The van der Waals surface area contributed by atoms with E-state index in [1.54, 1.807) is 17.2 Å². The van der Waals surface area contributed by atoms with Crippen molar-refractivity contribution in [3.05, 3.63) is 47.5 Å². The lowest BCUT2D eigenvalue weighted by Gasteiger charge is -2.30. The van der Waals surface area contributed by atoms with Crippen molar-refractivity contribution in [2.45, 2.75) is 52.7 Å².